The molecule has 302 valence electrons. The molecule has 0 saturated heterocycles. The topological polar surface area (TPSA) is 244 Å². The van der Waals surface area contributed by atoms with E-state index in [4.69, 9.17) is 32.7 Å². The molecule has 21 heteroatoms. The number of benzene rings is 2. The Bertz CT molecular complexity index is 2510. The summed E-state index contributed by atoms with van der Waals surface area (Å²) in [4.78, 5) is 59.4. The summed E-state index contributed by atoms with van der Waals surface area (Å²) in [6.45, 7) is 9.40. The van der Waals surface area contributed by atoms with Gasteiger partial charge in [-0.2, -0.15) is 10.2 Å². The number of alkyl carbamates (subject to hydrolysis) is 2. The molecule has 0 spiro atoms. The number of ether oxygens (including phenoxy) is 2. The first-order chi connectivity index (χ1) is 26.8. The number of nitrogens with one attached hydrogen (secondary N) is 4. The smallest absolute Gasteiger partial charge is 0.408 e. The minimum atomic E-state index is -1.31. The molecule has 0 aliphatic carbocycles. The summed E-state index contributed by atoms with van der Waals surface area (Å²) in [7, 11) is 0. The van der Waals surface area contributed by atoms with E-state index in [1.807, 2.05) is 0 Å². The fraction of sp³-hybridized carbons (Fsp3) is 0.333. The number of hydrogen-bond acceptors (Lipinski definition) is 12. The third kappa shape index (κ3) is 9.92. The molecule has 2 aromatic carbocycles. The van der Waals surface area contributed by atoms with E-state index in [-0.39, 0.29) is 43.8 Å². The highest BCUT2D eigenvalue weighted by Crippen LogP contribution is 2.27. The predicted molar refractivity (Wildman–Crippen MR) is 207 cm³/mol. The van der Waals surface area contributed by atoms with Gasteiger partial charge in [0.1, 0.15) is 11.6 Å². The van der Waals surface area contributed by atoms with Gasteiger partial charge in [-0.1, -0.05) is 29.3 Å². The fourth-order valence-corrected chi connectivity index (χ4v) is 5.86. The van der Waals surface area contributed by atoms with Gasteiger partial charge >= 0.3 is 12.2 Å². The molecular formula is C36H39Cl2FN10O8. The number of carbonyl (C=O) groups excluding carboxylic acids is 2. The first kappa shape index (κ1) is 42.3. The molecular weight excluding hydrogens is 790 g/mol. The summed E-state index contributed by atoms with van der Waals surface area (Å²) < 4.78 is 26.7. The maximum Gasteiger partial charge on any atom is 0.408 e. The Morgan fingerprint density at radius 3 is 2.00 bits per heavy atom. The molecule has 0 aliphatic rings. The van der Waals surface area contributed by atoms with Crippen molar-refractivity contribution in [3.05, 3.63) is 103 Å². The lowest BCUT2D eigenvalue weighted by Crippen LogP contribution is -2.42. The Morgan fingerprint density at radius 1 is 0.860 bits per heavy atom. The van der Waals surface area contributed by atoms with Crippen LogP contribution in [0.5, 0.6) is 0 Å². The largest absolute Gasteiger partial charge is 0.436 e. The molecule has 6 N–H and O–H groups in total. The SMILES string of the molecule is CC(C)(C)NC(=O)O[C@@H](CO)c1nc2c(Cl)cc(F)cc2c(=O)n1-c1ccn[nH]1.CC(C)(C)NC(=O)O[C@@H](CO)c1nc2cccc(Cl)c2c(=O)n1-c1cn[nH]c1. The number of H-pyrrole nitrogens is 2. The highest BCUT2D eigenvalue weighted by Gasteiger charge is 2.29. The summed E-state index contributed by atoms with van der Waals surface area (Å²) in [5, 5.41) is 38.1. The van der Waals surface area contributed by atoms with Crippen molar-refractivity contribution in [1.29, 1.82) is 0 Å². The van der Waals surface area contributed by atoms with Gasteiger partial charge < -0.3 is 30.3 Å². The minimum Gasteiger partial charge on any atom is -0.436 e. The van der Waals surface area contributed by atoms with Gasteiger partial charge in [0.05, 0.1) is 63.1 Å². The van der Waals surface area contributed by atoms with Crippen molar-refractivity contribution in [2.24, 2.45) is 0 Å². The van der Waals surface area contributed by atoms with Crippen molar-refractivity contribution >= 4 is 57.2 Å². The van der Waals surface area contributed by atoms with Crippen molar-refractivity contribution < 1.29 is 33.7 Å². The number of amides is 2. The molecule has 0 bridgehead atoms. The second kappa shape index (κ2) is 17.1. The highest BCUT2D eigenvalue weighted by molar-refractivity contribution is 6.35. The zero-order chi connectivity index (χ0) is 41.8. The van der Waals surface area contributed by atoms with Crippen molar-refractivity contribution in [1.82, 2.24) is 50.1 Å². The lowest BCUT2D eigenvalue weighted by molar-refractivity contribution is 0.0466. The molecule has 2 amide bonds. The highest BCUT2D eigenvalue weighted by atomic mass is 35.5. The Kier molecular flexibility index (Phi) is 12.7. The van der Waals surface area contributed by atoms with E-state index in [1.165, 1.54) is 29.2 Å². The van der Waals surface area contributed by atoms with Gasteiger partial charge in [0.2, 0.25) is 0 Å². The van der Waals surface area contributed by atoms with E-state index < -0.39 is 65.6 Å². The van der Waals surface area contributed by atoms with Gasteiger partial charge in [-0.3, -0.25) is 24.4 Å². The van der Waals surface area contributed by atoms with Crippen LogP contribution in [0.2, 0.25) is 10.0 Å². The van der Waals surface area contributed by atoms with Crippen LogP contribution in [0.4, 0.5) is 14.0 Å². The van der Waals surface area contributed by atoms with E-state index in [1.54, 1.807) is 59.7 Å². The van der Waals surface area contributed by atoms with Crippen LogP contribution in [0.1, 0.15) is 65.4 Å². The van der Waals surface area contributed by atoms with Gasteiger partial charge in [0.25, 0.3) is 11.1 Å². The normalized spacial score (nSPS) is 12.8. The van der Waals surface area contributed by atoms with E-state index in [0.29, 0.717) is 11.2 Å². The number of aliphatic hydroxyl groups is 2. The summed E-state index contributed by atoms with van der Waals surface area (Å²) in [6.07, 6.45) is 0.248. The van der Waals surface area contributed by atoms with Crippen LogP contribution in [0.25, 0.3) is 33.3 Å². The monoisotopic (exact) mass is 828 g/mol. The number of nitrogens with zero attached hydrogens (tertiary/aromatic N) is 6. The summed E-state index contributed by atoms with van der Waals surface area (Å²) in [6, 6.07) is 8.36. The number of rotatable bonds is 8. The third-order valence-electron chi connectivity index (χ3n) is 7.62. The molecule has 18 nitrogen and oxygen atoms in total. The Labute approximate surface area is 333 Å². The molecule has 2 atom stereocenters. The van der Waals surface area contributed by atoms with E-state index in [0.717, 1.165) is 16.7 Å². The molecule has 0 fully saturated rings. The number of hydrogen-bond donors (Lipinski definition) is 6. The second-order valence-corrected chi connectivity index (χ2v) is 15.3. The van der Waals surface area contributed by atoms with Gasteiger partial charge in [-0.05, 0) is 65.8 Å². The van der Waals surface area contributed by atoms with Crippen LogP contribution < -0.4 is 21.8 Å². The number of fused-ring (bicyclic) bond motifs is 2. The maximum absolute atomic E-state index is 13.8. The van der Waals surface area contributed by atoms with Crippen LogP contribution in [0, 0.1) is 5.82 Å². The van der Waals surface area contributed by atoms with Crippen LogP contribution in [0.3, 0.4) is 0 Å². The minimum absolute atomic E-state index is 0.0158. The summed E-state index contributed by atoms with van der Waals surface area (Å²) in [5.41, 5.74) is -1.55. The molecule has 0 unspecified atom stereocenters. The zero-order valence-corrected chi connectivity index (χ0v) is 32.9. The third-order valence-corrected chi connectivity index (χ3v) is 8.22. The van der Waals surface area contributed by atoms with Crippen LogP contribution >= 0.6 is 23.2 Å². The summed E-state index contributed by atoms with van der Waals surface area (Å²) in [5.74, 6) is -0.567. The molecule has 4 aromatic heterocycles. The first-order valence-electron chi connectivity index (χ1n) is 17.1. The lowest BCUT2D eigenvalue weighted by atomic mass is 10.1. The van der Waals surface area contributed by atoms with Gasteiger partial charge in [0.15, 0.2) is 23.9 Å². The quantitative estimate of drug-likeness (QED) is 0.121. The Balaban J connectivity index is 0.000000218. The number of aromatic nitrogens is 8. The predicted octanol–water partition coefficient (Wildman–Crippen LogP) is 4.78. The van der Waals surface area contributed by atoms with Crippen molar-refractivity contribution in [2.45, 2.75) is 64.8 Å². The van der Waals surface area contributed by atoms with Crippen LogP contribution in [-0.4, -0.2) is 86.2 Å². The van der Waals surface area contributed by atoms with E-state index in [9.17, 15) is 33.8 Å². The van der Waals surface area contributed by atoms with Crippen molar-refractivity contribution in [2.75, 3.05) is 13.2 Å². The van der Waals surface area contributed by atoms with Gasteiger partial charge in [-0.25, -0.2) is 28.5 Å². The Hall–Kier alpha value is -5.89. The molecule has 0 radical (unpaired) electrons. The van der Waals surface area contributed by atoms with E-state index >= 15 is 0 Å². The average molecular weight is 830 g/mol. The van der Waals surface area contributed by atoms with Crippen molar-refractivity contribution in [3.63, 3.8) is 0 Å². The van der Waals surface area contributed by atoms with Crippen LogP contribution in [0.15, 0.2) is 64.6 Å². The summed E-state index contributed by atoms with van der Waals surface area (Å²) >= 11 is 12.3. The number of aromatic amines is 2. The van der Waals surface area contributed by atoms with Crippen molar-refractivity contribution in [3.8, 4) is 11.5 Å². The number of carbonyl (C=O) groups is 2. The zero-order valence-electron chi connectivity index (χ0n) is 31.4. The Morgan fingerprint density at radius 2 is 1.47 bits per heavy atom. The molecule has 0 aliphatic heterocycles. The molecule has 6 rings (SSSR count). The van der Waals surface area contributed by atoms with Gasteiger partial charge in [0, 0.05) is 23.3 Å². The second-order valence-electron chi connectivity index (χ2n) is 14.4. The first-order valence-corrected chi connectivity index (χ1v) is 17.9. The fourth-order valence-electron chi connectivity index (χ4n) is 5.37. The molecule has 57 heavy (non-hydrogen) atoms. The van der Waals surface area contributed by atoms with E-state index in [2.05, 4.69) is 41.0 Å². The van der Waals surface area contributed by atoms with Gasteiger partial charge in [-0.15, -0.1) is 0 Å². The van der Waals surface area contributed by atoms with Crippen LogP contribution in [-0.2, 0) is 9.47 Å². The number of halogens is 3. The standard InChI is InChI=1S/C18H19ClFN5O4.C18H20ClN5O4/c1-18(2,3)23-17(28)29-12(8-26)15-22-14-10(6-9(20)7-11(14)19)16(27)25(15)13-4-5-21-24-13;1-18(2,3)23-17(27)28-13(9-25)15-22-12-6-4-5-11(19)14(12)16(26)24(15)10-7-20-21-8-10/h4-7,12,26H,8H2,1-3H3,(H,21,24)(H,23,28);4-8,13,25H,9H2,1-3H3,(H,20,21)(H,23,27)/t12-;13-/m00/s1. The molecule has 6 aromatic rings. The number of aliphatic hydroxyl groups excluding tert-OH is 2. The average Bonchev–Trinajstić information content (AvgIpc) is 3.84. The molecule has 4 heterocycles. The molecule has 0 saturated carbocycles. The lowest BCUT2D eigenvalue weighted by Gasteiger charge is -2.24. The maximum atomic E-state index is 13.8.